The van der Waals surface area contributed by atoms with Crippen LogP contribution in [0, 0.1) is 17.3 Å². The lowest BCUT2D eigenvalue weighted by molar-refractivity contribution is -0.158. The summed E-state index contributed by atoms with van der Waals surface area (Å²) in [6.45, 7) is 7.67. The van der Waals surface area contributed by atoms with Crippen molar-refractivity contribution in [3.8, 4) is 0 Å². The second-order valence-electron chi connectivity index (χ2n) is 7.99. The van der Waals surface area contributed by atoms with Crippen LogP contribution in [-0.4, -0.2) is 35.3 Å². The van der Waals surface area contributed by atoms with Crippen LogP contribution in [0.3, 0.4) is 0 Å². The third-order valence-electron chi connectivity index (χ3n) is 6.92. The number of esters is 2. The van der Waals surface area contributed by atoms with Crippen molar-refractivity contribution in [1.29, 1.82) is 0 Å². The summed E-state index contributed by atoms with van der Waals surface area (Å²) in [7, 11) is 0. The molecule has 0 unspecified atom stereocenters. The smallest absolute Gasteiger partial charge is 0.309 e. The van der Waals surface area contributed by atoms with E-state index >= 15 is 0 Å². The van der Waals surface area contributed by atoms with Gasteiger partial charge in [-0.15, -0.1) is 0 Å². The topological polar surface area (TPSA) is 65.1 Å². The van der Waals surface area contributed by atoms with Crippen molar-refractivity contribution in [3.05, 3.63) is 0 Å². The van der Waals surface area contributed by atoms with Gasteiger partial charge in [-0.25, -0.2) is 0 Å². The summed E-state index contributed by atoms with van der Waals surface area (Å²) in [5.41, 5.74) is -1.02. The molecule has 0 bridgehead atoms. The fourth-order valence-electron chi connectivity index (χ4n) is 5.64. The number of fused-ring (bicyclic) bond motifs is 1. The van der Waals surface area contributed by atoms with Crippen LogP contribution in [0.25, 0.3) is 0 Å². The maximum atomic E-state index is 12.1. The highest BCUT2D eigenvalue weighted by Crippen LogP contribution is 2.73. The molecular weight excluding hydrogens is 284 g/mol. The van der Waals surface area contributed by atoms with Crippen LogP contribution in [0.2, 0.25) is 0 Å². The quantitative estimate of drug-likeness (QED) is 0.549. The molecule has 4 rings (SSSR count). The second kappa shape index (κ2) is 4.05. The van der Waals surface area contributed by atoms with Crippen LogP contribution in [0.4, 0.5) is 0 Å². The molecule has 2 aliphatic carbocycles. The van der Waals surface area contributed by atoms with Crippen molar-refractivity contribution in [2.75, 3.05) is 0 Å². The molecule has 0 radical (unpaired) electrons. The molecule has 0 aromatic carbocycles. The molecule has 4 aliphatic rings. The number of carbonyl (C=O) groups excluding carboxylic acids is 2. The summed E-state index contributed by atoms with van der Waals surface area (Å²) in [5, 5.41) is 0. The number of epoxide rings is 1. The molecule has 22 heavy (non-hydrogen) atoms. The van der Waals surface area contributed by atoms with Crippen molar-refractivity contribution in [2.45, 2.75) is 76.8 Å². The van der Waals surface area contributed by atoms with Crippen molar-refractivity contribution in [3.63, 3.8) is 0 Å². The van der Waals surface area contributed by atoms with Crippen molar-refractivity contribution in [2.24, 2.45) is 17.3 Å². The Morgan fingerprint density at radius 2 is 1.95 bits per heavy atom. The Labute approximate surface area is 130 Å². The van der Waals surface area contributed by atoms with Gasteiger partial charge in [0.25, 0.3) is 0 Å². The van der Waals surface area contributed by atoms with Crippen LogP contribution in [-0.2, 0) is 23.8 Å². The molecule has 7 atom stereocenters. The van der Waals surface area contributed by atoms with Crippen LogP contribution in [0.5, 0.6) is 0 Å². The summed E-state index contributed by atoms with van der Waals surface area (Å²) < 4.78 is 17.6. The third kappa shape index (κ3) is 1.44. The molecule has 5 heteroatoms. The Morgan fingerprint density at radius 3 is 2.64 bits per heavy atom. The van der Waals surface area contributed by atoms with E-state index in [1.807, 2.05) is 13.8 Å². The standard InChI is InChI=1S/C17H24O5/c1-9-11-5-7-15(3)8-6-12(20-10(2)18)16(4)17(15,22-16)13(11)21-14(9)19/h9,11-13H,5-8H2,1-4H3/t9-,11-,12-,13-,15-,16-,17+/m0/s1. The summed E-state index contributed by atoms with van der Waals surface area (Å²) >= 11 is 0. The van der Waals surface area contributed by atoms with Gasteiger partial charge in [-0.05, 0) is 32.6 Å². The van der Waals surface area contributed by atoms with E-state index in [0.29, 0.717) is 0 Å². The predicted molar refractivity (Wildman–Crippen MR) is 76.9 cm³/mol. The molecule has 5 nitrogen and oxygen atoms in total. The van der Waals surface area contributed by atoms with Crippen LogP contribution in [0.15, 0.2) is 0 Å². The fourth-order valence-corrected chi connectivity index (χ4v) is 5.64. The minimum absolute atomic E-state index is 0.0100. The molecule has 2 heterocycles. The zero-order valence-corrected chi connectivity index (χ0v) is 13.7. The fraction of sp³-hybridized carbons (Fsp3) is 0.882. The summed E-state index contributed by atoms with van der Waals surface area (Å²) in [5.74, 6) is -0.226. The molecule has 2 aliphatic heterocycles. The molecule has 1 spiro atoms. The van der Waals surface area contributed by atoms with Crippen LogP contribution in [0.1, 0.15) is 53.4 Å². The lowest BCUT2D eigenvalue weighted by Gasteiger charge is -2.50. The Kier molecular flexibility index (Phi) is 2.67. The largest absolute Gasteiger partial charge is 0.459 e. The van der Waals surface area contributed by atoms with Gasteiger partial charge in [0.1, 0.15) is 23.4 Å². The lowest BCUT2D eigenvalue weighted by atomic mass is 9.52. The molecule has 0 aromatic rings. The number of hydrogen-bond acceptors (Lipinski definition) is 5. The number of hydrogen-bond donors (Lipinski definition) is 0. The van der Waals surface area contributed by atoms with E-state index < -0.39 is 11.2 Å². The molecule has 4 fully saturated rings. The van der Waals surface area contributed by atoms with E-state index in [1.54, 1.807) is 0 Å². The Hall–Kier alpha value is -1.10. The van der Waals surface area contributed by atoms with Crippen molar-refractivity contribution >= 4 is 11.9 Å². The average Bonchev–Trinajstić information content (AvgIpc) is 3.00. The van der Waals surface area contributed by atoms with E-state index in [0.717, 1.165) is 25.7 Å². The first-order valence-corrected chi connectivity index (χ1v) is 8.33. The Balaban J connectivity index is 1.73. The maximum Gasteiger partial charge on any atom is 0.309 e. The monoisotopic (exact) mass is 308 g/mol. The van der Waals surface area contributed by atoms with Gasteiger partial charge in [0.2, 0.25) is 0 Å². The van der Waals surface area contributed by atoms with Gasteiger partial charge in [-0.2, -0.15) is 0 Å². The van der Waals surface area contributed by atoms with Crippen LogP contribution >= 0.6 is 0 Å². The molecule has 0 aromatic heterocycles. The van der Waals surface area contributed by atoms with Gasteiger partial charge in [-0.1, -0.05) is 13.8 Å². The van der Waals surface area contributed by atoms with E-state index in [2.05, 4.69) is 6.92 Å². The molecule has 2 saturated heterocycles. The highest BCUT2D eigenvalue weighted by atomic mass is 16.7. The SMILES string of the molecule is CC(=O)O[C@H]1CC[C@]2(C)CC[C@H]3[C@H](C)C(=O)O[C@@H]3[C@@]23O[C@@]13C. The molecule has 2 saturated carbocycles. The molecule has 122 valence electrons. The predicted octanol–water partition coefficient (Wildman–Crippen LogP) is 2.22. The second-order valence-corrected chi connectivity index (χ2v) is 7.99. The van der Waals surface area contributed by atoms with Gasteiger partial charge >= 0.3 is 11.9 Å². The maximum absolute atomic E-state index is 12.1. The third-order valence-corrected chi connectivity index (χ3v) is 6.92. The van der Waals surface area contributed by atoms with Gasteiger partial charge in [0.15, 0.2) is 0 Å². The molecular formula is C17H24O5. The highest BCUT2D eigenvalue weighted by molar-refractivity contribution is 5.75. The minimum Gasteiger partial charge on any atom is -0.459 e. The summed E-state index contributed by atoms with van der Waals surface area (Å²) in [4.78, 5) is 23.5. The Morgan fingerprint density at radius 1 is 1.27 bits per heavy atom. The van der Waals surface area contributed by atoms with Crippen molar-refractivity contribution < 1.29 is 23.8 Å². The first-order chi connectivity index (χ1) is 10.3. The first kappa shape index (κ1) is 14.5. The first-order valence-electron chi connectivity index (χ1n) is 8.33. The zero-order chi connectivity index (χ0) is 15.9. The summed E-state index contributed by atoms with van der Waals surface area (Å²) in [6, 6.07) is 0. The van der Waals surface area contributed by atoms with E-state index in [9.17, 15) is 9.59 Å². The Bertz CT molecular complexity index is 559. The number of carbonyl (C=O) groups is 2. The summed E-state index contributed by atoms with van der Waals surface area (Å²) in [6.07, 6.45) is 3.36. The number of ether oxygens (including phenoxy) is 3. The van der Waals surface area contributed by atoms with Gasteiger partial charge in [0.05, 0.1) is 5.92 Å². The molecule has 0 N–H and O–H groups in total. The average molecular weight is 308 g/mol. The van der Waals surface area contributed by atoms with Gasteiger partial charge in [0, 0.05) is 18.3 Å². The normalized spacial score (nSPS) is 55.5. The van der Waals surface area contributed by atoms with Crippen LogP contribution < -0.4 is 0 Å². The van der Waals surface area contributed by atoms with E-state index in [1.165, 1.54) is 6.92 Å². The van der Waals surface area contributed by atoms with E-state index in [-0.39, 0.29) is 41.4 Å². The highest BCUT2D eigenvalue weighted by Gasteiger charge is 2.86. The van der Waals surface area contributed by atoms with Gasteiger partial charge in [-0.3, -0.25) is 9.59 Å². The van der Waals surface area contributed by atoms with E-state index in [4.69, 9.17) is 14.2 Å². The van der Waals surface area contributed by atoms with Gasteiger partial charge < -0.3 is 14.2 Å². The number of rotatable bonds is 1. The zero-order valence-electron chi connectivity index (χ0n) is 13.7. The van der Waals surface area contributed by atoms with Crippen molar-refractivity contribution in [1.82, 2.24) is 0 Å². The lowest BCUT2D eigenvalue weighted by Crippen LogP contribution is -2.61. The minimum atomic E-state index is -0.528. The molecule has 0 amide bonds.